The number of thiophene rings is 1. The second-order valence-corrected chi connectivity index (χ2v) is 6.64. The highest BCUT2D eigenvalue weighted by molar-refractivity contribution is 7.12. The van der Waals surface area contributed by atoms with Crippen molar-refractivity contribution in [2.45, 2.75) is 20.4 Å². The predicted molar refractivity (Wildman–Crippen MR) is 96.2 cm³/mol. The van der Waals surface area contributed by atoms with Gasteiger partial charge in [-0.05, 0) is 54.1 Å². The van der Waals surface area contributed by atoms with E-state index in [1.165, 1.54) is 34.0 Å². The number of aromatic nitrogens is 2. The highest BCUT2D eigenvalue weighted by Gasteiger charge is 2.12. The summed E-state index contributed by atoms with van der Waals surface area (Å²) < 4.78 is 1.48. The van der Waals surface area contributed by atoms with Crippen LogP contribution in [0.3, 0.4) is 0 Å². The first-order valence-electron chi connectivity index (χ1n) is 7.55. The lowest BCUT2D eigenvalue weighted by Gasteiger charge is -2.06. The van der Waals surface area contributed by atoms with Gasteiger partial charge in [-0.1, -0.05) is 6.07 Å². The van der Waals surface area contributed by atoms with E-state index < -0.39 is 4.92 Å². The zero-order valence-corrected chi connectivity index (χ0v) is 14.5. The summed E-state index contributed by atoms with van der Waals surface area (Å²) in [6.07, 6.45) is 2.58. The summed E-state index contributed by atoms with van der Waals surface area (Å²) in [5.74, 6) is -0.175. The molecule has 2 aromatic heterocycles. The molecular formula is C17H16N4O3S. The van der Waals surface area contributed by atoms with Crippen LogP contribution in [0.25, 0.3) is 0 Å². The third-order valence-electron chi connectivity index (χ3n) is 3.82. The molecule has 128 valence electrons. The molecule has 3 aromatic rings. The van der Waals surface area contributed by atoms with Crippen LogP contribution in [0.1, 0.15) is 26.4 Å². The molecule has 1 aromatic carbocycles. The molecule has 2 heterocycles. The van der Waals surface area contributed by atoms with Crippen LogP contribution < -0.4 is 5.32 Å². The third-order valence-corrected chi connectivity index (χ3v) is 4.80. The van der Waals surface area contributed by atoms with E-state index in [1.807, 2.05) is 37.4 Å². The van der Waals surface area contributed by atoms with Gasteiger partial charge in [0.05, 0.1) is 16.3 Å². The topological polar surface area (TPSA) is 90.1 Å². The zero-order valence-electron chi connectivity index (χ0n) is 13.7. The summed E-state index contributed by atoms with van der Waals surface area (Å²) in [6.45, 7) is 4.39. The number of amides is 1. The normalized spacial score (nSPS) is 10.6. The Morgan fingerprint density at radius 3 is 2.80 bits per heavy atom. The quantitative estimate of drug-likeness (QED) is 0.556. The molecule has 7 nitrogen and oxygen atoms in total. The number of nitrogens with one attached hydrogen (secondary N) is 1. The molecule has 0 unspecified atom stereocenters. The maximum absolute atomic E-state index is 12.4. The maximum Gasteiger partial charge on any atom is 0.307 e. The number of carbonyl (C=O) groups excluding carboxylic acids is 1. The summed E-state index contributed by atoms with van der Waals surface area (Å²) in [6, 6.07) is 7.55. The monoisotopic (exact) mass is 356 g/mol. The van der Waals surface area contributed by atoms with Crippen LogP contribution in [0.2, 0.25) is 0 Å². The van der Waals surface area contributed by atoms with Crippen LogP contribution >= 0.6 is 11.3 Å². The number of nitro groups is 1. The van der Waals surface area contributed by atoms with Gasteiger partial charge < -0.3 is 5.32 Å². The Kier molecular flexibility index (Phi) is 4.62. The van der Waals surface area contributed by atoms with Gasteiger partial charge in [-0.3, -0.25) is 19.6 Å². The van der Waals surface area contributed by atoms with Crippen molar-refractivity contribution in [2.24, 2.45) is 0 Å². The molecule has 0 saturated carbocycles. The molecule has 0 atom stereocenters. The van der Waals surface area contributed by atoms with Crippen molar-refractivity contribution in [2.75, 3.05) is 5.32 Å². The molecule has 0 aliphatic heterocycles. The lowest BCUT2D eigenvalue weighted by atomic mass is 10.1. The fraction of sp³-hybridized carbons (Fsp3) is 0.176. The minimum Gasteiger partial charge on any atom is -0.321 e. The van der Waals surface area contributed by atoms with Crippen LogP contribution in [0.5, 0.6) is 0 Å². The molecule has 0 spiro atoms. The van der Waals surface area contributed by atoms with Crippen LogP contribution in [0.4, 0.5) is 11.4 Å². The van der Waals surface area contributed by atoms with Crippen LogP contribution in [0, 0.1) is 24.0 Å². The van der Waals surface area contributed by atoms with Crippen molar-refractivity contribution in [3.05, 3.63) is 73.7 Å². The van der Waals surface area contributed by atoms with Crippen molar-refractivity contribution in [3.63, 3.8) is 0 Å². The van der Waals surface area contributed by atoms with E-state index in [4.69, 9.17) is 0 Å². The van der Waals surface area contributed by atoms with Crippen molar-refractivity contribution < 1.29 is 9.72 Å². The van der Waals surface area contributed by atoms with E-state index in [0.29, 0.717) is 11.4 Å². The maximum atomic E-state index is 12.4. The van der Waals surface area contributed by atoms with Gasteiger partial charge in [0.15, 0.2) is 0 Å². The number of carbonyl (C=O) groups is 1. The molecule has 1 N–H and O–H groups in total. The Hall–Kier alpha value is -3.00. The lowest BCUT2D eigenvalue weighted by molar-refractivity contribution is -0.385. The summed E-state index contributed by atoms with van der Waals surface area (Å²) in [5.41, 5.74) is 3.86. The van der Waals surface area contributed by atoms with E-state index in [9.17, 15) is 14.9 Å². The minimum absolute atomic E-state index is 0.0528. The molecule has 0 aliphatic rings. The second kappa shape index (κ2) is 6.86. The predicted octanol–water partition coefficient (Wildman–Crippen LogP) is 3.77. The van der Waals surface area contributed by atoms with Crippen LogP contribution in [-0.4, -0.2) is 20.6 Å². The van der Waals surface area contributed by atoms with Crippen molar-refractivity contribution in [3.8, 4) is 0 Å². The first-order valence-corrected chi connectivity index (χ1v) is 8.43. The third kappa shape index (κ3) is 3.92. The molecule has 0 aliphatic carbocycles. The molecule has 1 amide bonds. The van der Waals surface area contributed by atoms with Gasteiger partial charge in [-0.2, -0.15) is 5.10 Å². The summed E-state index contributed by atoms with van der Waals surface area (Å²) in [5, 5.41) is 19.4. The highest BCUT2D eigenvalue weighted by Crippen LogP contribution is 2.20. The Balaban J connectivity index is 1.68. The Bertz CT molecular complexity index is 945. The van der Waals surface area contributed by atoms with Crippen molar-refractivity contribution in [1.29, 1.82) is 0 Å². The highest BCUT2D eigenvalue weighted by atomic mass is 32.1. The molecule has 0 fully saturated rings. The number of anilines is 1. The SMILES string of the molecule is Cc1ccc(NC(=O)c2cc(Cn3cc([N+](=O)[O-])cn3)cs2)cc1C. The molecule has 8 heteroatoms. The van der Waals surface area contributed by atoms with Gasteiger partial charge >= 0.3 is 5.69 Å². The van der Waals surface area contributed by atoms with Crippen LogP contribution in [-0.2, 0) is 6.54 Å². The lowest BCUT2D eigenvalue weighted by Crippen LogP contribution is -2.10. The fourth-order valence-corrected chi connectivity index (χ4v) is 3.11. The van der Waals surface area contributed by atoms with E-state index in [1.54, 1.807) is 6.07 Å². The number of rotatable bonds is 5. The van der Waals surface area contributed by atoms with Gasteiger partial charge in [-0.15, -0.1) is 11.3 Å². The largest absolute Gasteiger partial charge is 0.321 e. The molecule has 25 heavy (non-hydrogen) atoms. The number of aryl methyl sites for hydroxylation is 2. The molecule has 0 bridgehead atoms. The zero-order chi connectivity index (χ0) is 18.0. The Morgan fingerprint density at radius 2 is 2.12 bits per heavy atom. The van der Waals surface area contributed by atoms with Gasteiger partial charge in [-0.25, -0.2) is 0 Å². The first-order chi connectivity index (χ1) is 11.9. The van der Waals surface area contributed by atoms with Crippen molar-refractivity contribution in [1.82, 2.24) is 9.78 Å². The van der Waals surface area contributed by atoms with Gasteiger partial charge in [0, 0.05) is 5.69 Å². The van der Waals surface area contributed by atoms with Crippen molar-refractivity contribution >= 4 is 28.6 Å². The number of nitrogens with zero attached hydrogens (tertiary/aromatic N) is 3. The van der Waals surface area contributed by atoms with E-state index >= 15 is 0 Å². The second-order valence-electron chi connectivity index (χ2n) is 5.73. The number of benzene rings is 1. The average Bonchev–Trinajstić information content (AvgIpc) is 3.21. The standard InChI is InChI=1S/C17H16N4O3S/c1-11-3-4-14(5-12(11)2)19-17(22)16-6-13(10-25-16)8-20-9-15(7-18-20)21(23)24/h3-7,9-10H,8H2,1-2H3,(H,19,22). The van der Waals surface area contributed by atoms with Gasteiger partial charge in [0.2, 0.25) is 0 Å². The molecule has 0 radical (unpaired) electrons. The summed E-state index contributed by atoms with van der Waals surface area (Å²) in [7, 11) is 0. The summed E-state index contributed by atoms with van der Waals surface area (Å²) >= 11 is 1.33. The van der Waals surface area contributed by atoms with Crippen LogP contribution in [0.15, 0.2) is 42.0 Å². The smallest absolute Gasteiger partial charge is 0.307 e. The Morgan fingerprint density at radius 1 is 1.32 bits per heavy atom. The van der Waals surface area contributed by atoms with E-state index in [-0.39, 0.29) is 11.6 Å². The molecule has 0 saturated heterocycles. The van der Waals surface area contributed by atoms with E-state index in [0.717, 1.165) is 16.8 Å². The number of hydrogen-bond acceptors (Lipinski definition) is 5. The molecule has 3 rings (SSSR count). The van der Waals surface area contributed by atoms with E-state index in [2.05, 4.69) is 10.4 Å². The summed E-state index contributed by atoms with van der Waals surface area (Å²) in [4.78, 5) is 23.1. The number of hydrogen-bond donors (Lipinski definition) is 1. The molecular weight excluding hydrogens is 340 g/mol. The first kappa shape index (κ1) is 16.8. The minimum atomic E-state index is -0.487. The Labute approximate surface area is 148 Å². The fourth-order valence-electron chi connectivity index (χ4n) is 2.31. The van der Waals surface area contributed by atoms with Gasteiger partial charge in [0.1, 0.15) is 12.4 Å². The average molecular weight is 356 g/mol. The van der Waals surface area contributed by atoms with Gasteiger partial charge in [0.25, 0.3) is 5.91 Å².